The zero-order valence-corrected chi connectivity index (χ0v) is 18.3. The van der Waals surface area contributed by atoms with Crippen LogP contribution < -0.4 is 4.74 Å². The molecule has 0 radical (unpaired) electrons. The lowest BCUT2D eigenvalue weighted by molar-refractivity contribution is 0.0782. The standard InChI is InChI=1S/C25H30N4O2/c1-28(16-19-7-4-3-5-8-19)25(30)23-15-26-27-24(23)21-9-6-14-29(18-21)17-20-10-12-22(31-2)13-11-20/h3-5,7-8,10-13,15,21H,6,9,14,16-18H2,1-2H3,(H,26,27). The molecule has 0 spiro atoms. The summed E-state index contributed by atoms with van der Waals surface area (Å²) in [6.07, 6.45) is 3.85. The van der Waals surface area contributed by atoms with Crippen molar-refractivity contribution in [1.29, 1.82) is 0 Å². The molecule has 1 N–H and O–H groups in total. The fourth-order valence-corrected chi connectivity index (χ4v) is 4.34. The molecule has 1 atom stereocenters. The van der Waals surface area contributed by atoms with Crippen LogP contribution in [0.1, 0.15) is 45.9 Å². The minimum atomic E-state index is 0.0138. The molecule has 0 aliphatic carbocycles. The van der Waals surface area contributed by atoms with Gasteiger partial charge in [-0.2, -0.15) is 5.10 Å². The normalized spacial score (nSPS) is 16.8. The molecule has 1 aliphatic rings. The number of piperidine rings is 1. The fraction of sp³-hybridized carbons (Fsp3) is 0.360. The van der Waals surface area contributed by atoms with E-state index in [4.69, 9.17) is 4.74 Å². The number of H-pyrrole nitrogens is 1. The molecular weight excluding hydrogens is 388 g/mol. The largest absolute Gasteiger partial charge is 0.497 e. The van der Waals surface area contributed by atoms with Crippen LogP contribution in [-0.4, -0.2) is 53.2 Å². The van der Waals surface area contributed by atoms with E-state index >= 15 is 0 Å². The van der Waals surface area contributed by atoms with Crippen molar-refractivity contribution in [3.05, 3.63) is 83.2 Å². The first kappa shape index (κ1) is 21.1. The summed E-state index contributed by atoms with van der Waals surface area (Å²) in [5.41, 5.74) is 4.04. The lowest BCUT2D eigenvalue weighted by atomic mass is 9.92. The first-order valence-corrected chi connectivity index (χ1v) is 10.8. The van der Waals surface area contributed by atoms with Gasteiger partial charge in [0.05, 0.1) is 24.6 Å². The number of aromatic nitrogens is 2. The van der Waals surface area contributed by atoms with Gasteiger partial charge in [-0.1, -0.05) is 42.5 Å². The van der Waals surface area contributed by atoms with Crippen molar-refractivity contribution in [2.45, 2.75) is 31.8 Å². The van der Waals surface area contributed by atoms with Crippen LogP contribution in [0.4, 0.5) is 0 Å². The van der Waals surface area contributed by atoms with E-state index in [2.05, 4.69) is 27.2 Å². The van der Waals surface area contributed by atoms with Gasteiger partial charge in [-0.25, -0.2) is 0 Å². The Labute approximate surface area is 183 Å². The van der Waals surface area contributed by atoms with Crippen LogP contribution in [0.15, 0.2) is 60.8 Å². The molecule has 6 nitrogen and oxygen atoms in total. The number of methoxy groups -OCH3 is 1. The van der Waals surface area contributed by atoms with Crippen LogP contribution >= 0.6 is 0 Å². The molecule has 2 heterocycles. The summed E-state index contributed by atoms with van der Waals surface area (Å²) in [6, 6.07) is 18.3. The van der Waals surface area contributed by atoms with E-state index in [0.717, 1.165) is 49.5 Å². The smallest absolute Gasteiger partial charge is 0.257 e. The number of aromatic amines is 1. The number of nitrogens with zero attached hydrogens (tertiary/aromatic N) is 3. The topological polar surface area (TPSA) is 61.5 Å². The zero-order chi connectivity index (χ0) is 21.6. The highest BCUT2D eigenvalue weighted by molar-refractivity contribution is 5.95. The Hall–Kier alpha value is -3.12. The quantitative estimate of drug-likeness (QED) is 0.628. The van der Waals surface area contributed by atoms with Gasteiger partial charge in [-0.05, 0) is 42.6 Å². The molecule has 1 aromatic heterocycles. The maximum atomic E-state index is 13.1. The third kappa shape index (κ3) is 5.14. The second-order valence-electron chi connectivity index (χ2n) is 8.27. The fourth-order valence-electron chi connectivity index (χ4n) is 4.34. The SMILES string of the molecule is COc1ccc(CN2CCCC(c3[nH]ncc3C(=O)N(C)Cc3ccccc3)C2)cc1. The number of hydrogen-bond acceptors (Lipinski definition) is 4. The predicted octanol–water partition coefficient (Wildman–Crippen LogP) is 4.07. The van der Waals surface area contributed by atoms with E-state index in [0.29, 0.717) is 12.1 Å². The molecule has 1 saturated heterocycles. The number of nitrogens with one attached hydrogen (secondary N) is 1. The predicted molar refractivity (Wildman–Crippen MR) is 121 cm³/mol. The van der Waals surface area contributed by atoms with E-state index in [-0.39, 0.29) is 11.8 Å². The van der Waals surface area contributed by atoms with Crippen LogP contribution in [0.2, 0.25) is 0 Å². The zero-order valence-electron chi connectivity index (χ0n) is 18.3. The van der Waals surface area contributed by atoms with Crippen molar-refractivity contribution in [2.75, 3.05) is 27.2 Å². The van der Waals surface area contributed by atoms with E-state index in [1.54, 1.807) is 18.2 Å². The van der Waals surface area contributed by atoms with Crippen molar-refractivity contribution >= 4 is 5.91 Å². The van der Waals surface area contributed by atoms with E-state index in [9.17, 15) is 4.79 Å². The number of carbonyl (C=O) groups is 1. The molecule has 6 heteroatoms. The number of rotatable bonds is 7. The molecule has 1 unspecified atom stereocenters. The van der Waals surface area contributed by atoms with Gasteiger partial charge in [0.1, 0.15) is 5.75 Å². The summed E-state index contributed by atoms with van der Waals surface area (Å²) < 4.78 is 5.26. The second kappa shape index (κ2) is 9.79. The van der Waals surface area contributed by atoms with Crippen LogP contribution in [0.25, 0.3) is 0 Å². The number of carbonyl (C=O) groups excluding carboxylic acids is 1. The summed E-state index contributed by atoms with van der Waals surface area (Å²) in [7, 11) is 3.54. The first-order valence-electron chi connectivity index (χ1n) is 10.8. The van der Waals surface area contributed by atoms with Gasteiger partial charge in [-0.3, -0.25) is 14.8 Å². The van der Waals surface area contributed by atoms with Gasteiger partial charge in [0.15, 0.2) is 0 Å². The average Bonchev–Trinajstić information content (AvgIpc) is 3.30. The minimum absolute atomic E-state index is 0.0138. The molecule has 1 aliphatic heterocycles. The van der Waals surface area contributed by atoms with Crippen LogP contribution in [0, 0.1) is 0 Å². The molecule has 162 valence electrons. The highest BCUT2D eigenvalue weighted by Gasteiger charge is 2.28. The van der Waals surface area contributed by atoms with Crippen LogP contribution in [0.3, 0.4) is 0 Å². The minimum Gasteiger partial charge on any atom is -0.497 e. The molecule has 2 aromatic carbocycles. The van der Waals surface area contributed by atoms with Crippen LogP contribution in [-0.2, 0) is 13.1 Å². The third-order valence-corrected chi connectivity index (χ3v) is 5.99. The Kier molecular flexibility index (Phi) is 6.67. The first-order chi connectivity index (χ1) is 15.1. The highest BCUT2D eigenvalue weighted by atomic mass is 16.5. The maximum absolute atomic E-state index is 13.1. The third-order valence-electron chi connectivity index (χ3n) is 5.99. The van der Waals surface area contributed by atoms with Gasteiger partial charge >= 0.3 is 0 Å². The monoisotopic (exact) mass is 418 g/mol. The van der Waals surface area contributed by atoms with Gasteiger partial charge in [0, 0.05) is 32.6 Å². The molecule has 4 rings (SSSR count). The maximum Gasteiger partial charge on any atom is 0.257 e. The van der Waals surface area contributed by atoms with Crippen molar-refractivity contribution in [3.63, 3.8) is 0 Å². The van der Waals surface area contributed by atoms with Gasteiger partial charge < -0.3 is 9.64 Å². The van der Waals surface area contributed by atoms with Crippen molar-refractivity contribution in [3.8, 4) is 5.75 Å². The van der Waals surface area contributed by atoms with Crippen molar-refractivity contribution in [2.24, 2.45) is 0 Å². The average molecular weight is 419 g/mol. The van der Waals surface area contributed by atoms with E-state index < -0.39 is 0 Å². The Morgan fingerprint density at radius 3 is 2.68 bits per heavy atom. The van der Waals surface area contributed by atoms with Gasteiger partial charge in [0.25, 0.3) is 5.91 Å². The Balaban J connectivity index is 1.42. The lowest BCUT2D eigenvalue weighted by Gasteiger charge is -2.32. The molecule has 1 amide bonds. The second-order valence-corrected chi connectivity index (χ2v) is 8.27. The van der Waals surface area contributed by atoms with Gasteiger partial charge in [-0.15, -0.1) is 0 Å². The molecule has 3 aromatic rings. The summed E-state index contributed by atoms with van der Waals surface area (Å²) in [5, 5.41) is 7.36. The van der Waals surface area contributed by atoms with Crippen LogP contribution in [0.5, 0.6) is 5.75 Å². The molecule has 31 heavy (non-hydrogen) atoms. The Morgan fingerprint density at radius 1 is 1.16 bits per heavy atom. The molecule has 1 fully saturated rings. The Morgan fingerprint density at radius 2 is 1.94 bits per heavy atom. The van der Waals surface area contributed by atoms with Crippen molar-refractivity contribution < 1.29 is 9.53 Å². The Bertz CT molecular complexity index is 984. The summed E-state index contributed by atoms with van der Waals surface area (Å²) >= 11 is 0. The molecule has 0 bridgehead atoms. The summed E-state index contributed by atoms with van der Waals surface area (Å²) in [6.45, 7) is 3.45. The molecule has 0 saturated carbocycles. The number of amides is 1. The van der Waals surface area contributed by atoms with E-state index in [1.807, 2.05) is 49.5 Å². The number of hydrogen-bond donors (Lipinski definition) is 1. The van der Waals surface area contributed by atoms with Crippen molar-refractivity contribution in [1.82, 2.24) is 20.0 Å². The number of ether oxygens (including phenoxy) is 1. The summed E-state index contributed by atoms with van der Waals surface area (Å²) in [5.74, 6) is 1.17. The molecular formula is C25H30N4O2. The highest BCUT2D eigenvalue weighted by Crippen LogP contribution is 2.29. The van der Waals surface area contributed by atoms with Gasteiger partial charge in [0.2, 0.25) is 0 Å². The van der Waals surface area contributed by atoms with E-state index in [1.165, 1.54) is 5.56 Å². The number of likely N-dealkylation sites (tertiary alicyclic amines) is 1. The number of benzene rings is 2. The summed E-state index contributed by atoms with van der Waals surface area (Å²) in [4.78, 5) is 17.4. The lowest BCUT2D eigenvalue weighted by Crippen LogP contribution is -2.35.